The van der Waals surface area contributed by atoms with Crippen molar-refractivity contribution in [2.45, 2.75) is 43.5 Å². The zero-order valence-electron chi connectivity index (χ0n) is 10.4. The van der Waals surface area contributed by atoms with Crippen LogP contribution in [-0.2, 0) is 0 Å². The molecule has 0 spiro atoms. The summed E-state index contributed by atoms with van der Waals surface area (Å²) in [4.78, 5) is 1.35. The maximum Gasteiger partial charge on any atom is 0.0323 e. The molecular weight excluding hydrogens is 250 g/mol. The molecule has 96 valence electrons. The van der Waals surface area contributed by atoms with Gasteiger partial charge in [0.2, 0.25) is 0 Å². The van der Waals surface area contributed by atoms with Crippen molar-refractivity contribution < 1.29 is 0 Å². The molecule has 3 heteroatoms. The fourth-order valence-electron chi connectivity index (χ4n) is 2.54. The Labute approximate surface area is 115 Å². The highest BCUT2D eigenvalue weighted by atomic mass is 35.5. The molecule has 0 heterocycles. The van der Waals surface area contributed by atoms with E-state index in [1.165, 1.54) is 36.1 Å². The molecule has 0 aromatic heterocycles. The molecule has 1 aromatic carbocycles. The second-order valence-electron chi connectivity index (χ2n) is 4.57. The standard InChI is InChI=1S/C14H21NS.ClH/c1-2-16-13-9-7-12(8-10-13)14(15)11-5-3-4-6-11;/h7-11,14H,2-6,15H2,1H3;1H/t14-;/m1./s1. The molecule has 2 rings (SSSR count). The molecule has 1 aliphatic carbocycles. The van der Waals surface area contributed by atoms with Gasteiger partial charge in [-0.15, -0.1) is 24.2 Å². The zero-order chi connectivity index (χ0) is 11.4. The number of nitrogens with two attached hydrogens (primary N) is 1. The maximum absolute atomic E-state index is 6.32. The van der Waals surface area contributed by atoms with Gasteiger partial charge in [0.1, 0.15) is 0 Å². The van der Waals surface area contributed by atoms with E-state index in [9.17, 15) is 0 Å². The summed E-state index contributed by atoms with van der Waals surface area (Å²) in [7, 11) is 0. The highest BCUT2D eigenvalue weighted by molar-refractivity contribution is 7.99. The Balaban J connectivity index is 0.00000144. The minimum absolute atomic E-state index is 0. The number of thioether (sulfide) groups is 1. The van der Waals surface area contributed by atoms with Gasteiger partial charge in [0.15, 0.2) is 0 Å². The van der Waals surface area contributed by atoms with Gasteiger partial charge in [-0.2, -0.15) is 0 Å². The highest BCUT2D eigenvalue weighted by Crippen LogP contribution is 2.34. The van der Waals surface area contributed by atoms with Crippen LogP contribution in [0, 0.1) is 5.92 Å². The summed E-state index contributed by atoms with van der Waals surface area (Å²) in [6.07, 6.45) is 5.35. The predicted octanol–water partition coefficient (Wildman–Crippen LogP) is 4.41. The molecule has 0 saturated heterocycles. The van der Waals surface area contributed by atoms with Gasteiger partial charge in [0.25, 0.3) is 0 Å². The summed E-state index contributed by atoms with van der Waals surface area (Å²) in [6, 6.07) is 9.08. The van der Waals surface area contributed by atoms with Gasteiger partial charge in [-0.3, -0.25) is 0 Å². The van der Waals surface area contributed by atoms with E-state index >= 15 is 0 Å². The van der Waals surface area contributed by atoms with Gasteiger partial charge in [0, 0.05) is 10.9 Å². The van der Waals surface area contributed by atoms with Crippen LogP contribution in [0.25, 0.3) is 0 Å². The molecule has 1 nitrogen and oxygen atoms in total. The number of halogens is 1. The second-order valence-corrected chi connectivity index (χ2v) is 5.91. The quantitative estimate of drug-likeness (QED) is 0.821. The van der Waals surface area contributed by atoms with E-state index in [-0.39, 0.29) is 18.4 Å². The lowest BCUT2D eigenvalue weighted by Gasteiger charge is -2.19. The van der Waals surface area contributed by atoms with Crippen molar-refractivity contribution >= 4 is 24.2 Å². The Bertz CT molecular complexity index is 319. The third-order valence-electron chi connectivity index (χ3n) is 3.48. The van der Waals surface area contributed by atoms with E-state index in [2.05, 4.69) is 31.2 Å². The van der Waals surface area contributed by atoms with Crippen LogP contribution in [0.1, 0.15) is 44.2 Å². The van der Waals surface area contributed by atoms with Crippen molar-refractivity contribution in [3.05, 3.63) is 29.8 Å². The summed E-state index contributed by atoms with van der Waals surface area (Å²) in [5.74, 6) is 1.85. The average Bonchev–Trinajstić information content (AvgIpc) is 2.83. The van der Waals surface area contributed by atoms with Crippen molar-refractivity contribution in [2.24, 2.45) is 11.7 Å². The molecular formula is C14H22ClNS. The largest absolute Gasteiger partial charge is 0.324 e. The van der Waals surface area contributed by atoms with Gasteiger partial charge < -0.3 is 5.73 Å². The molecule has 1 saturated carbocycles. The molecule has 1 aliphatic rings. The Hall–Kier alpha value is -0.180. The van der Waals surface area contributed by atoms with Gasteiger partial charge in [-0.25, -0.2) is 0 Å². The van der Waals surface area contributed by atoms with E-state index in [0.29, 0.717) is 5.92 Å². The van der Waals surface area contributed by atoms with Crippen LogP contribution in [-0.4, -0.2) is 5.75 Å². The monoisotopic (exact) mass is 271 g/mol. The topological polar surface area (TPSA) is 26.0 Å². The number of rotatable bonds is 4. The van der Waals surface area contributed by atoms with Crippen LogP contribution in [0.4, 0.5) is 0 Å². The molecule has 0 amide bonds. The predicted molar refractivity (Wildman–Crippen MR) is 79.0 cm³/mol. The Morgan fingerprint density at radius 2 is 1.82 bits per heavy atom. The molecule has 1 aromatic rings. The Morgan fingerprint density at radius 1 is 1.24 bits per heavy atom. The molecule has 2 N–H and O–H groups in total. The third kappa shape index (κ3) is 3.90. The highest BCUT2D eigenvalue weighted by Gasteiger charge is 2.22. The van der Waals surface area contributed by atoms with Gasteiger partial charge in [-0.1, -0.05) is 31.9 Å². The zero-order valence-corrected chi connectivity index (χ0v) is 12.0. The summed E-state index contributed by atoms with van der Waals surface area (Å²) >= 11 is 1.89. The lowest BCUT2D eigenvalue weighted by Crippen LogP contribution is -2.18. The minimum atomic E-state index is 0. The Kier molecular flexibility index (Phi) is 6.39. The lowest BCUT2D eigenvalue weighted by molar-refractivity contribution is 0.445. The fraction of sp³-hybridized carbons (Fsp3) is 0.571. The third-order valence-corrected chi connectivity index (χ3v) is 4.38. The number of benzene rings is 1. The van der Waals surface area contributed by atoms with E-state index in [0.717, 1.165) is 5.75 Å². The molecule has 1 atom stereocenters. The summed E-state index contributed by atoms with van der Waals surface area (Å²) < 4.78 is 0. The van der Waals surface area contributed by atoms with E-state index in [1.807, 2.05) is 11.8 Å². The first-order chi connectivity index (χ1) is 7.81. The summed E-state index contributed by atoms with van der Waals surface area (Å²) in [5.41, 5.74) is 7.63. The SMILES string of the molecule is CCSc1ccc([C@H](N)C2CCCC2)cc1.Cl. The lowest BCUT2D eigenvalue weighted by atomic mass is 9.93. The van der Waals surface area contributed by atoms with Gasteiger partial charge >= 0.3 is 0 Å². The molecule has 0 bridgehead atoms. The van der Waals surface area contributed by atoms with Crippen LogP contribution >= 0.6 is 24.2 Å². The molecule has 0 aliphatic heterocycles. The van der Waals surface area contributed by atoms with Gasteiger partial charge in [0.05, 0.1) is 0 Å². The molecule has 1 fully saturated rings. The van der Waals surface area contributed by atoms with Crippen LogP contribution in [0.5, 0.6) is 0 Å². The van der Waals surface area contributed by atoms with Gasteiger partial charge in [-0.05, 0) is 42.2 Å². The maximum atomic E-state index is 6.32. The van der Waals surface area contributed by atoms with E-state index in [1.54, 1.807) is 0 Å². The normalized spacial score (nSPS) is 17.8. The van der Waals surface area contributed by atoms with Crippen molar-refractivity contribution in [1.82, 2.24) is 0 Å². The fourth-order valence-corrected chi connectivity index (χ4v) is 3.20. The van der Waals surface area contributed by atoms with Crippen LogP contribution < -0.4 is 5.73 Å². The van der Waals surface area contributed by atoms with Crippen molar-refractivity contribution in [2.75, 3.05) is 5.75 Å². The summed E-state index contributed by atoms with van der Waals surface area (Å²) in [5, 5.41) is 0. The van der Waals surface area contributed by atoms with Crippen molar-refractivity contribution in [3.8, 4) is 0 Å². The van der Waals surface area contributed by atoms with Crippen molar-refractivity contribution in [1.29, 1.82) is 0 Å². The smallest absolute Gasteiger partial charge is 0.0323 e. The first kappa shape index (κ1) is 14.9. The van der Waals surface area contributed by atoms with E-state index < -0.39 is 0 Å². The first-order valence-corrected chi connectivity index (χ1v) is 7.28. The number of hydrogen-bond donors (Lipinski definition) is 1. The first-order valence-electron chi connectivity index (χ1n) is 6.29. The van der Waals surface area contributed by atoms with Crippen LogP contribution in [0.3, 0.4) is 0 Å². The second kappa shape index (κ2) is 7.30. The Morgan fingerprint density at radius 3 is 2.35 bits per heavy atom. The van der Waals surface area contributed by atoms with Crippen LogP contribution in [0.2, 0.25) is 0 Å². The molecule has 0 unspecified atom stereocenters. The van der Waals surface area contributed by atoms with E-state index in [4.69, 9.17) is 5.73 Å². The number of hydrogen-bond acceptors (Lipinski definition) is 2. The molecule has 0 radical (unpaired) electrons. The average molecular weight is 272 g/mol. The molecule has 17 heavy (non-hydrogen) atoms. The minimum Gasteiger partial charge on any atom is -0.324 e. The van der Waals surface area contributed by atoms with Crippen molar-refractivity contribution in [3.63, 3.8) is 0 Å². The summed E-state index contributed by atoms with van der Waals surface area (Å²) in [6.45, 7) is 2.18. The van der Waals surface area contributed by atoms with Crippen LogP contribution in [0.15, 0.2) is 29.2 Å².